The highest BCUT2D eigenvalue weighted by molar-refractivity contribution is 5.76. The Morgan fingerprint density at radius 3 is 2.43 bits per heavy atom. The molecule has 1 aliphatic rings. The van der Waals surface area contributed by atoms with Crippen molar-refractivity contribution in [3.63, 3.8) is 0 Å². The average molecular weight is 391 g/mol. The Kier molecular flexibility index (Phi) is 6.21. The summed E-state index contributed by atoms with van der Waals surface area (Å²) in [6.07, 6.45) is -1.59. The van der Waals surface area contributed by atoms with E-state index in [4.69, 9.17) is 0 Å². The molecule has 4 nitrogen and oxygen atoms in total. The Balaban J connectivity index is 1.54. The maximum atomic E-state index is 12.7. The quantitative estimate of drug-likeness (QED) is 0.788. The Labute approximate surface area is 163 Å². The van der Waals surface area contributed by atoms with Crippen LogP contribution in [0.1, 0.15) is 29.5 Å². The summed E-state index contributed by atoms with van der Waals surface area (Å²) < 4.78 is 38.1. The maximum absolute atomic E-state index is 12.7. The molecule has 0 radical (unpaired) electrons. The van der Waals surface area contributed by atoms with Gasteiger partial charge in [-0.3, -0.25) is 4.79 Å². The van der Waals surface area contributed by atoms with Gasteiger partial charge in [-0.1, -0.05) is 29.8 Å². The van der Waals surface area contributed by atoms with Crippen LogP contribution in [0.3, 0.4) is 0 Å². The van der Waals surface area contributed by atoms with E-state index in [1.807, 2.05) is 41.0 Å². The van der Waals surface area contributed by atoms with E-state index in [1.54, 1.807) is 0 Å². The van der Waals surface area contributed by atoms with Crippen molar-refractivity contribution in [2.75, 3.05) is 31.1 Å². The topological polar surface area (TPSA) is 36.4 Å². The molecule has 2 aromatic rings. The van der Waals surface area contributed by atoms with Gasteiger partial charge in [-0.05, 0) is 37.5 Å². The molecule has 3 rings (SSSR count). The van der Waals surface area contributed by atoms with Crippen molar-refractivity contribution in [3.05, 3.63) is 59.3 Å². The minimum Gasteiger partial charge on any atom is -0.355 e. The first kappa shape index (κ1) is 20.2. The summed E-state index contributed by atoms with van der Waals surface area (Å²) in [6.45, 7) is 4.47. The molecule has 1 aliphatic heterocycles. The van der Waals surface area contributed by atoms with E-state index >= 15 is 0 Å². The largest absolute Gasteiger partial charge is 0.417 e. The number of alkyl halides is 3. The number of aromatic nitrogens is 1. The Hall–Kier alpha value is -2.57. The zero-order valence-corrected chi connectivity index (χ0v) is 15.9. The third-order valence-corrected chi connectivity index (χ3v) is 5.00. The van der Waals surface area contributed by atoms with Crippen LogP contribution in [0.4, 0.5) is 19.0 Å². The van der Waals surface area contributed by atoms with Gasteiger partial charge in [-0.25, -0.2) is 4.98 Å². The zero-order chi connectivity index (χ0) is 20.1. The molecule has 28 heavy (non-hydrogen) atoms. The fourth-order valence-corrected chi connectivity index (χ4v) is 3.30. The van der Waals surface area contributed by atoms with E-state index in [-0.39, 0.29) is 5.91 Å². The summed E-state index contributed by atoms with van der Waals surface area (Å²) in [7, 11) is 0. The molecule has 0 atom stereocenters. The van der Waals surface area contributed by atoms with Crippen molar-refractivity contribution in [1.82, 2.24) is 9.88 Å². The smallest absolute Gasteiger partial charge is 0.355 e. The Bertz CT molecular complexity index is 788. The number of hydrogen-bond donors (Lipinski definition) is 0. The second-order valence-electron chi connectivity index (χ2n) is 7.11. The summed E-state index contributed by atoms with van der Waals surface area (Å²) in [4.78, 5) is 20.3. The van der Waals surface area contributed by atoms with Gasteiger partial charge in [0.2, 0.25) is 5.91 Å². The molecular weight excluding hydrogens is 367 g/mol. The molecular formula is C21H24F3N3O. The summed E-state index contributed by atoms with van der Waals surface area (Å²) in [5, 5.41) is 0. The highest BCUT2D eigenvalue weighted by Crippen LogP contribution is 2.29. The van der Waals surface area contributed by atoms with Crippen LogP contribution < -0.4 is 4.90 Å². The molecule has 0 spiro atoms. The van der Waals surface area contributed by atoms with Crippen LogP contribution in [0.15, 0.2) is 42.6 Å². The number of carbonyl (C=O) groups excluding carboxylic acids is 1. The number of hydrogen-bond acceptors (Lipinski definition) is 3. The summed E-state index contributed by atoms with van der Waals surface area (Å²) in [6, 6.07) is 10.6. The highest BCUT2D eigenvalue weighted by Gasteiger charge is 2.31. The molecule has 1 aromatic carbocycles. The van der Waals surface area contributed by atoms with Crippen LogP contribution in [0.25, 0.3) is 0 Å². The zero-order valence-electron chi connectivity index (χ0n) is 15.9. The third-order valence-electron chi connectivity index (χ3n) is 5.00. The number of carbonyl (C=O) groups is 1. The van der Waals surface area contributed by atoms with E-state index in [0.717, 1.165) is 24.2 Å². The maximum Gasteiger partial charge on any atom is 0.417 e. The van der Waals surface area contributed by atoms with Crippen LogP contribution in [0, 0.1) is 6.92 Å². The Morgan fingerprint density at radius 2 is 1.79 bits per heavy atom. The van der Waals surface area contributed by atoms with Gasteiger partial charge in [-0.15, -0.1) is 0 Å². The minimum absolute atomic E-state index is 0.114. The lowest BCUT2D eigenvalue weighted by Crippen LogP contribution is -2.35. The van der Waals surface area contributed by atoms with E-state index in [1.165, 1.54) is 11.6 Å². The van der Waals surface area contributed by atoms with Gasteiger partial charge >= 0.3 is 6.18 Å². The molecule has 0 saturated carbocycles. The lowest BCUT2D eigenvalue weighted by atomic mass is 10.1. The van der Waals surface area contributed by atoms with Crippen LogP contribution >= 0.6 is 0 Å². The van der Waals surface area contributed by atoms with Gasteiger partial charge in [0.15, 0.2) is 0 Å². The number of pyridine rings is 1. The van der Waals surface area contributed by atoms with E-state index in [2.05, 4.69) is 4.98 Å². The molecule has 1 amide bonds. The lowest BCUT2D eigenvalue weighted by molar-refractivity contribution is -0.137. The SMILES string of the molecule is Cc1ccc(CCC(=O)N2CCCN(c3ccc(C(F)(F)F)cn3)CC2)cc1. The summed E-state index contributed by atoms with van der Waals surface area (Å²) in [5.74, 6) is 0.629. The number of benzene rings is 1. The first-order chi connectivity index (χ1) is 13.3. The van der Waals surface area contributed by atoms with Crippen molar-refractivity contribution in [1.29, 1.82) is 0 Å². The number of aryl methyl sites for hydroxylation is 2. The van der Waals surface area contributed by atoms with E-state index in [0.29, 0.717) is 44.8 Å². The molecule has 0 N–H and O–H groups in total. The second-order valence-corrected chi connectivity index (χ2v) is 7.11. The summed E-state index contributed by atoms with van der Waals surface area (Å²) in [5.41, 5.74) is 1.59. The lowest BCUT2D eigenvalue weighted by Gasteiger charge is -2.23. The van der Waals surface area contributed by atoms with Crippen molar-refractivity contribution in [2.24, 2.45) is 0 Å². The minimum atomic E-state index is -4.38. The molecule has 0 unspecified atom stereocenters. The molecule has 1 saturated heterocycles. The van der Waals surface area contributed by atoms with Crippen molar-refractivity contribution < 1.29 is 18.0 Å². The van der Waals surface area contributed by atoms with Crippen molar-refractivity contribution >= 4 is 11.7 Å². The number of halogens is 3. The molecule has 1 aromatic heterocycles. The summed E-state index contributed by atoms with van der Waals surface area (Å²) >= 11 is 0. The Morgan fingerprint density at radius 1 is 1.04 bits per heavy atom. The van der Waals surface area contributed by atoms with Crippen LogP contribution in [-0.4, -0.2) is 42.0 Å². The van der Waals surface area contributed by atoms with Gasteiger partial charge in [0, 0.05) is 38.8 Å². The predicted octanol–water partition coefficient (Wildman–Crippen LogP) is 4.08. The molecule has 150 valence electrons. The van der Waals surface area contributed by atoms with Crippen molar-refractivity contribution in [3.8, 4) is 0 Å². The molecule has 2 heterocycles. The molecule has 0 bridgehead atoms. The van der Waals surface area contributed by atoms with Crippen LogP contribution in [-0.2, 0) is 17.4 Å². The number of nitrogens with zero attached hydrogens (tertiary/aromatic N) is 3. The highest BCUT2D eigenvalue weighted by atomic mass is 19.4. The fraction of sp³-hybridized carbons (Fsp3) is 0.429. The normalized spacial score (nSPS) is 15.4. The molecule has 1 fully saturated rings. The predicted molar refractivity (Wildman–Crippen MR) is 102 cm³/mol. The number of amides is 1. The van der Waals surface area contributed by atoms with Gasteiger partial charge in [0.05, 0.1) is 5.56 Å². The van der Waals surface area contributed by atoms with Gasteiger partial charge in [0.25, 0.3) is 0 Å². The molecule has 7 heteroatoms. The van der Waals surface area contributed by atoms with Gasteiger partial charge in [-0.2, -0.15) is 13.2 Å². The monoisotopic (exact) mass is 391 g/mol. The van der Waals surface area contributed by atoms with Crippen molar-refractivity contribution in [2.45, 2.75) is 32.4 Å². The van der Waals surface area contributed by atoms with E-state index < -0.39 is 11.7 Å². The second kappa shape index (κ2) is 8.63. The van der Waals surface area contributed by atoms with Gasteiger partial charge < -0.3 is 9.80 Å². The number of rotatable bonds is 4. The number of anilines is 1. The third kappa shape index (κ3) is 5.24. The van der Waals surface area contributed by atoms with Crippen LogP contribution in [0.5, 0.6) is 0 Å². The van der Waals surface area contributed by atoms with Crippen LogP contribution in [0.2, 0.25) is 0 Å². The van der Waals surface area contributed by atoms with E-state index in [9.17, 15) is 18.0 Å². The first-order valence-electron chi connectivity index (χ1n) is 9.44. The standard InChI is InChI=1S/C21H24F3N3O/c1-16-3-5-17(6-4-16)7-10-20(28)27-12-2-11-26(13-14-27)19-9-8-18(15-25-19)21(22,23)24/h3-6,8-9,15H,2,7,10-14H2,1H3. The fourth-order valence-electron chi connectivity index (χ4n) is 3.30. The average Bonchev–Trinajstić information content (AvgIpc) is 2.93. The molecule has 0 aliphatic carbocycles. The first-order valence-corrected chi connectivity index (χ1v) is 9.44. The van der Waals surface area contributed by atoms with Gasteiger partial charge in [0.1, 0.15) is 5.82 Å².